The molecule has 37 heavy (non-hydrogen) atoms. The molecule has 0 aliphatic carbocycles. The number of nitrogens with zero attached hydrogens (tertiary/aromatic N) is 6. The number of benzene rings is 1. The SMILES string of the molecule is CC(c1ccc(OC(F)(F)F)cc1)N1C[C@H](C)N(c2cc(=O)n(C)c3ccc(C#N)nc23)C[C@H]1CC#N. The van der Waals surface area contributed by atoms with Gasteiger partial charge in [-0.2, -0.15) is 10.5 Å². The molecule has 0 saturated carbocycles. The van der Waals surface area contributed by atoms with Crippen molar-refractivity contribution < 1.29 is 17.9 Å². The predicted molar refractivity (Wildman–Crippen MR) is 131 cm³/mol. The van der Waals surface area contributed by atoms with Crippen LogP contribution in [0.25, 0.3) is 11.0 Å². The van der Waals surface area contributed by atoms with Crippen molar-refractivity contribution in [1.29, 1.82) is 10.5 Å². The van der Waals surface area contributed by atoms with Gasteiger partial charge in [-0.3, -0.25) is 9.69 Å². The molecule has 3 atom stereocenters. The number of fused-ring (bicyclic) bond motifs is 1. The standard InChI is InChI=1S/C26H25F3N6O2/c1-16-14-35(17(2)18-4-7-21(8-5-18)37-26(27,28)29)20(10-11-30)15-34(16)23-12-24(36)33(3)22-9-6-19(13-31)32-25(22)23/h4-9,12,16-17,20H,10,14-15H2,1-3H3/t16-,17?,20+/m0/s1. The quantitative estimate of drug-likeness (QED) is 0.506. The second kappa shape index (κ2) is 10.1. The number of pyridine rings is 2. The summed E-state index contributed by atoms with van der Waals surface area (Å²) in [6.07, 6.45) is -4.55. The van der Waals surface area contributed by atoms with Crippen LogP contribution in [0.5, 0.6) is 5.75 Å². The normalized spacial score (nSPS) is 19.3. The molecule has 1 aliphatic heterocycles. The molecule has 1 saturated heterocycles. The molecule has 0 spiro atoms. The van der Waals surface area contributed by atoms with Crippen LogP contribution in [0.1, 0.15) is 37.6 Å². The van der Waals surface area contributed by atoms with E-state index in [2.05, 4.69) is 20.7 Å². The minimum absolute atomic E-state index is 0.0897. The first kappa shape index (κ1) is 26.0. The average Bonchev–Trinajstić information content (AvgIpc) is 2.86. The molecule has 192 valence electrons. The number of rotatable bonds is 5. The van der Waals surface area contributed by atoms with Gasteiger partial charge in [0.25, 0.3) is 5.56 Å². The van der Waals surface area contributed by atoms with Crippen LogP contribution in [0, 0.1) is 22.7 Å². The van der Waals surface area contributed by atoms with E-state index in [9.17, 15) is 28.5 Å². The number of aryl methyl sites for hydroxylation is 1. The maximum Gasteiger partial charge on any atom is 0.573 e. The molecular weight excluding hydrogens is 485 g/mol. The Balaban J connectivity index is 1.66. The zero-order chi connectivity index (χ0) is 26.9. The number of aromatic nitrogens is 2. The topological polar surface area (TPSA) is 98.2 Å². The van der Waals surface area contributed by atoms with Crippen molar-refractivity contribution in [2.75, 3.05) is 18.0 Å². The minimum Gasteiger partial charge on any atom is -0.406 e. The van der Waals surface area contributed by atoms with Crippen molar-refractivity contribution >= 4 is 16.7 Å². The summed E-state index contributed by atoms with van der Waals surface area (Å²) in [4.78, 5) is 21.4. The van der Waals surface area contributed by atoms with Crippen LogP contribution in [0.2, 0.25) is 0 Å². The highest BCUT2D eigenvalue weighted by Gasteiger charge is 2.36. The fraction of sp³-hybridized carbons (Fsp3) is 0.385. The lowest BCUT2D eigenvalue weighted by Gasteiger charge is -2.48. The molecule has 0 radical (unpaired) electrons. The van der Waals surface area contributed by atoms with E-state index >= 15 is 0 Å². The van der Waals surface area contributed by atoms with Crippen molar-refractivity contribution in [2.24, 2.45) is 7.05 Å². The maximum absolute atomic E-state index is 12.7. The van der Waals surface area contributed by atoms with Crippen LogP contribution in [0.3, 0.4) is 0 Å². The summed E-state index contributed by atoms with van der Waals surface area (Å²) in [6, 6.07) is 14.3. The van der Waals surface area contributed by atoms with Crippen LogP contribution >= 0.6 is 0 Å². The summed E-state index contributed by atoms with van der Waals surface area (Å²) in [5, 5.41) is 18.9. The number of piperazine rings is 1. The van der Waals surface area contributed by atoms with Gasteiger partial charge in [0, 0.05) is 44.3 Å². The molecule has 0 N–H and O–H groups in total. The predicted octanol–water partition coefficient (Wildman–Crippen LogP) is 4.26. The third-order valence-corrected chi connectivity index (χ3v) is 6.80. The van der Waals surface area contributed by atoms with Gasteiger partial charge in [0.05, 0.1) is 23.7 Å². The fourth-order valence-corrected chi connectivity index (χ4v) is 4.89. The van der Waals surface area contributed by atoms with E-state index in [0.717, 1.165) is 5.56 Å². The Hall–Kier alpha value is -4.09. The zero-order valence-electron chi connectivity index (χ0n) is 20.5. The molecule has 1 aromatic carbocycles. The van der Waals surface area contributed by atoms with Gasteiger partial charge < -0.3 is 14.2 Å². The Morgan fingerprint density at radius 1 is 1.16 bits per heavy atom. The molecule has 11 heteroatoms. The Bertz CT molecular complexity index is 1440. The monoisotopic (exact) mass is 510 g/mol. The smallest absolute Gasteiger partial charge is 0.406 e. The molecule has 3 aromatic rings. The van der Waals surface area contributed by atoms with Gasteiger partial charge in [0.2, 0.25) is 0 Å². The van der Waals surface area contributed by atoms with E-state index in [-0.39, 0.29) is 41.5 Å². The molecule has 1 aliphatic rings. The lowest BCUT2D eigenvalue weighted by Crippen LogP contribution is -2.58. The van der Waals surface area contributed by atoms with Gasteiger partial charge in [0.15, 0.2) is 0 Å². The highest BCUT2D eigenvalue weighted by molar-refractivity contribution is 5.89. The van der Waals surface area contributed by atoms with E-state index in [0.29, 0.717) is 29.8 Å². The second-order valence-corrected chi connectivity index (χ2v) is 9.11. The summed E-state index contributed by atoms with van der Waals surface area (Å²) in [5.41, 5.74) is 2.55. The Morgan fingerprint density at radius 2 is 1.86 bits per heavy atom. The summed E-state index contributed by atoms with van der Waals surface area (Å²) < 4.78 is 43.0. The van der Waals surface area contributed by atoms with E-state index in [1.54, 1.807) is 31.3 Å². The molecule has 0 amide bonds. The van der Waals surface area contributed by atoms with Gasteiger partial charge in [-0.05, 0) is 43.7 Å². The number of hydrogen-bond donors (Lipinski definition) is 0. The third-order valence-electron chi connectivity index (χ3n) is 6.80. The first-order valence-electron chi connectivity index (χ1n) is 11.7. The van der Waals surface area contributed by atoms with Crippen LogP contribution in [0.15, 0.2) is 47.3 Å². The van der Waals surface area contributed by atoms with E-state index in [1.165, 1.54) is 22.8 Å². The molecule has 2 aromatic heterocycles. The van der Waals surface area contributed by atoms with Gasteiger partial charge >= 0.3 is 6.36 Å². The lowest BCUT2D eigenvalue weighted by molar-refractivity contribution is -0.274. The molecular formula is C26H25F3N6O2. The van der Waals surface area contributed by atoms with Crippen molar-refractivity contribution in [2.45, 2.75) is 44.8 Å². The van der Waals surface area contributed by atoms with Crippen LogP contribution in [-0.2, 0) is 7.05 Å². The van der Waals surface area contributed by atoms with Gasteiger partial charge in [-0.1, -0.05) is 12.1 Å². The molecule has 8 nitrogen and oxygen atoms in total. The first-order valence-corrected chi connectivity index (χ1v) is 11.7. The van der Waals surface area contributed by atoms with Crippen molar-refractivity contribution in [3.05, 3.63) is 64.1 Å². The average molecular weight is 511 g/mol. The largest absolute Gasteiger partial charge is 0.573 e. The third kappa shape index (κ3) is 5.37. The summed E-state index contributed by atoms with van der Waals surface area (Å²) in [6.45, 7) is 4.90. The van der Waals surface area contributed by atoms with Gasteiger partial charge in [-0.25, -0.2) is 4.98 Å². The van der Waals surface area contributed by atoms with Crippen molar-refractivity contribution in [1.82, 2.24) is 14.5 Å². The van der Waals surface area contributed by atoms with Crippen LogP contribution in [-0.4, -0.2) is 46.0 Å². The van der Waals surface area contributed by atoms with Gasteiger partial charge in [0.1, 0.15) is 23.0 Å². The minimum atomic E-state index is -4.76. The molecule has 4 rings (SSSR count). The summed E-state index contributed by atoms with van der Waals surface area (Å²) >= 11 is 0. The first-order chi connectivity index (χ1) is 17.5. The molecule has 3 heterocycles. The Kier molecular flexibility index (Phi) is 7.10. The lowest BCUT2D eigenvalue weighted by atomic mass is 9.98. The molecule has 0 bridgehead atoms. The van der Waals surface area contributed by atoms with E-state index in [4.69, 9.17) is 0 Å². The van der Waals surface area contributed by atoms with Crippen molar-refractivity contribution in [3.8, 4) is 17.9 Å². The Morgan fingerprint density at radius 3 is 2.49 bits per heavy atom. The maximum atomic E-state index is 12.7. The Labute approximate surface area is 211 Å². The number of ether oxygens (including phenoxy) is 1. The summed E-state index contributed by atoms with van der Waals surface area (Å²) in [5.74, 6) is -0.294. The highest BCUT2D eigenvalue weighted by Crippen LogP contribution is 2.34. The zero-order valence-corrected chi connectivity index (χ0v) is 20.5. The van der Waals surface area contributed by atoms with Crippen molar-refractivity contribution in [3.63, 3.8) is 0 Å². The fourth-order valence-electron chi connectivity index (χ4n) is 4.89. The number of anilines is 1. The number of alkyl halides is 3. The van der Waals surface area contributed by atoms with E-state index < -0.39 is 6.36 Å². The highest BCUT2D eigenvalue weighted by atomic mass is 19.4. The molecule has 1 fully saturated rings. The van der Waals surface area contributed by atoms with Gasteiger partial charge in [-0.15, -0.1) is 13.2 Å². The molecule has 1 unspecified atom stereocenters. The number of hydrogen-bond acceptors (Lipinski definition) is 7. The van der Waals surface area contributed by atoms with Crippen LogP contribution in [0.4, 0.5) is 18.9 Å². The van der Waals surface area contributed by atoms with E-state index in [1.807, 2.05) is 24.8 Å². The number of nitriles is 2. The summed E-state index contributed by atoms with van der Waals surface area (Å²) in [7, 11) is 1.65. The van der Waals surface area contributed by atoms with Crippen LogP contribution < -0.4 is 15.2 Å². The second-order valence-electron chi connectivity index (χ2n) is 9.11. The number of halogens is 3.